The molecule has 0 amide bonds. The predicted molar refractivity (Wildman–Crippen MR) is 78.5 cm³/mol. The average Bonchev–Trinajstić information content (AvgIpc) is 2.46. The Balaban J connectivity index is 2.45. The Morgan fingerprint density at radius 1 is 1.11 bits per heavy atom. The van der Waals surface area contributed by atoms with Gasteiger partial charge in [0.25, 0.3) is 0 Å². The monoisotopic (exact) mass is 263 g/mol. The van der Waals surface area contributed by atoms with Gasteiger partial charge in [-0.25, -0.2) is 0 Å². The molecule has 2 rings (SSSR count). The van der Waals surface area contributed by atoms with Crippen molar-refractivity contribution in [3.63, 3.8) is 0 Å². The van der Waals surface area contributed by atoms with Crippen molar-refractivity contribution in [2.24, 2.45) is 0 Å². The van der Waals surface area contributed by atoms with Gasteiger partial charge >= 0.3 is 0 Å². The topological polar surface area (TPSA) is 30.5 Å². The molecule has 0 radical (unpaired) electrons. The van der Waals surface area contributed by atoms with E-state index in [1.807, 2.05) is 0 Å². The maximum absolute atomic E-state index is 5.73. The van der Waals surface area contributed by atoms with Crippen LogP contribution in [0.3, 0.4) is 0 Å². The van der Waals surface area contributed by atoms with Crippen molar-refractivity contribution >= 4 is 0 Å². The molecule has 1 N–H and O–H groups in total. The Labute approximate surface area is 116 Å². The SMILES string of the molecule is COc1ccc(C2CCNCC2)c(OC)c1C(C)C. The normalized spacial score (nSPS) is 16.7. The van der Waals surface area contributed by atoms with Gasteiger partial charge in [-0.05, 0) is 49.4 Å². The lowest BCUT2D eigenvalue weighted by Crippen LogP contribution is -2.27. The van der Waals surface area contributed by atoms with Gasteiger partial charge in [-0.1, -0.05) is 19.9 Å². The van der Waals surface area contributed by atoms with Crippen LogP contribution in [0, 0.1) is 0 Å². The molecule has 0 aromatic heterocycles. The molecule has 3 heteroatoms. The first-order valence-corrected chi connectivity index (χ1v) is 7.14. The summed E-state index contributed by atoms with van der Waals surface area (Å²) < 4.78 is 11.2. The average molecular weight is 263 g/mol. The summed E-state index contributed by atoms with van der Waals surface area (Å²) in [5.41, 5.74) is 2.54. The van der Waals surface area contributed by atoms with Gasteiger partial charge < -0.3 is 14.8 Å². The van der Waals surface area contributed by atoms with Gasteiger partial charge in [-0.3, -0.25) is 0 Å². The van der Waals surface area contributed by atoms with Crippen molar-refractivity contribution in [1.82, 2.24) is 5.32 Å². The molecule has 0 unspecified atom stereocenters. The van der Waals surface area contributed by atoms with Crippen LogP contribution in [0.15, 0.2) is 12.1 Å². The molecule has 1 aromatic rings. The fraction of sp³-hybridized carbons (Fsp3) is 0.625. The molecule has 0 atom stereocenters. The number of rotatable bonds is 4. The maximum Gasteiger partial charge on any atom is 0.129 e. The molecule has 0 saturated carbocycles. The minimum atomic E-state index is 0.395. The number of hydrogen-bond acceptors (Lipinski definition) is 3. The van der Waals surface area contributed by atoms with Crippen LogP contribution in [-0.2, 0) is 0 Å². The second kappa shape index (κ2) is 6.29. The van der Waals surface area contributed by atoms with Gasteiger partial charge in [0.2, 0.25) is 0 Å². The fourth-order valence-electron chi connectivity index (χ4n) is 3.01. The maximum atomic E-state index is 5.73. The Kier molecular flexibility index (Phi) is 4.70. The van der Waals surface area contributed by atoms with E-state index < -0.39 is 0 Å². The second-order valence-electron chi connectivity index (χ2n) is 5.48. The summed E-state index contributed by atoms with van der Waals surface area (Å²) in [6.45, 7) is 6.56. The lowest BCUT2D eigenvalue weighted by atomic mass is 9.86. The number of piperidine rings is 1. The number of hydrogen-bond donors (Lipinski definition) is 1. The third-order valence-corrected chi connectivity index (χ3v) is 3.97. The van der Waals surface area contributed by atoms with E-state index in [2.05, 4.69) is 31.3 Å². The number of ether oxygens (including phenoxy) is 2. The third-order valence-electron chi connectivity index (χ3n) is 3.97. The highest BCUT2D eigenvalue weighted by Gasteiger charge is 2.24. The van der Waals surface area contributed by atoms with Crippen molar-refractivity contribution in [3.8, 4) is 11.5 Å². The summed E-state index contributed by atoms with van der Waals surface area (Å²) in [6, 6.07) is 4.27. The van der Waals surface area contributed by atoms with Crippen molar-refractivity contribution in [2.45, 2.75) is 38.5 Å². The van der Waals surface area contributed by atoms with Gasteiger partial charge in [0.05, 0.1) is 14.2 Å². The lowest BCUT2D eigenvalue weighted by molar-refractivity contribution is 0.369. The quantitative estimate of drug-likeness (QED) is 0.904. The van der Waals surface area contributed by atoms with Gasteiger partial charge in [0.15, 0.2) is 0 Å². The van der Waals surface area contributed by atoms with Crippen LogP contribution in [0.4, 0.5) is 0 Å². The minimum absolute atomic E-state index is 0.395. The molecule has 1 aliphatic rings. The summed E-state index contributed by atoms with van der Waals surface area (Å²) >= 11 is 0. The molecule has 1 aromatic carbocycles. The van der Waals surface area contributed by atoms with Crippen LogP contribution in [0.2, 0.25) is 0 Å². The summed E-state index contributed by atoms with van der Waals surface area (Å²) in [5, 5.41) is 3.42. The first kappa shape index (κ1) is 14.2. The minimum Gasteiger partial charge on any atom is -0.496 e. The summed E-state index contributed by atoms with van der Waals surface area (Å²) in [4.78, 5) is 0. The first-order valence-electron chi connectivity index (χ1n) is 7.14. The number of benzene rings is 1. The lowest BCUT2D eigenvalue weighted by Gasteiger charge is -2.27. The van der Waals surface area contributed by atoms with Crippen molar-refractivity contribution < 1.29 is 9.47 Å². The smallest absolute Gasteiger partial charge is 0.129 e. The van der Waals surface area contributed by atoms with E-state index >= 15 is 0 Å². The number of nitrogens with one attached hydrogen (secondary N) is 1. The van der Waals surface area contributed by atoms with Crippen LogP contribution in [-0.4, -0.2) is 27.3 Å². The highest BCUT2D eigenvalue weighted by molar-refractivity contribution is 5.53. The fourth-order valence-corrected chi connectivity index (χ4v) is 3.01. The van der Waals surface area contributed by atoms with Crippen LogP contribution in [0.1, 0.15) is 49.7 Å². The Morgan fingerprint density at radius 3 is 2.32 bits per heavy atom. The van der Waals surface area contributed by atoms with Crippen LogP contribution >= 0.6 is 0 Å². The molecular weight excluding hydrogens is 238 g/mol. The van der Waals surface area contributed by atoms with E-state index in [0.717, 1.165) is 24.6 Å². The van der Waals surface area contributed by atoms with Crippen molar-refractivity contribution in [2.75, 3.05) is 27.3 Å². The van der Waals surface area contributed by atoms with Gasteiger partial charge in [0.1, 0.15) is 11.5 Å². The van der Waals surface area contributed by atoms with E-state index in [9.17, 15) is 0 Å². The van der Waals surface area contributed by atoms with E-state index in [4.69, 9.17) is 9.47 Å². The molecule has 0 bridgehead atoms. The van der Waals surface area contributed by atoms with E-state index in [1.165, 1.54) is 24.0 Å². The Hall–Kier alpha value is -1.22. The highest BCUT2D eigenvalue weighted by atomic mass is 16.5. The molecule has 3 nitrogen and oxygen atoms in total. The van der Waals surface area contributed by atoms with E-state index in [-0.39, 0.29) is 0 Å². The largest absolute Gasteiger partial charge is 0.496 e. The van der Waals surface area contributed by atoms with Crippen LogP contribution in [0.25, 0.3) is 0 Å². The molecule has 1 fully saturated rings. The van der Waals surface area contributed by atoms with E-state index in [0.29, 0.717) is 11.8 Å². The summed E-state index contributed by atoms with van der Waals surface area (Å²) in [7, 11) is 3.50. The van der Waals surface area contributed by atoms with Crippen molar-refractivity contribution in [1.29, 1.82) is 0 Å². The zero-order chi connectivity index (χ0) is 13.8. The molecule has 106 valence electrons. The van der Waals surface area contributed by atoms with Crippen molar-refractivity contribution in [3.05, 3.63) is 23.3 Å². The molecule has 0 aliphatic carbocycles. The predicted octanol–water partition coefficient (Wildman–Crippen LogP) is 3.29. The molecule has 19 heavy (non-hydrogen) atoms. The van der Waals surface area contributed by atoms with Gasteiger partial charge in [-0.15, -0.1) is 0 Å². The van der Waals surface area contributed by atoms with Gasteiger partial charge in [-0.2, -0.15) is 0 Å². The number of methoxy groups -OCH3 is 2. The standard InChI is InChI=1S/C16H25NO2/c1-11(2)15-14(18-3)6-5-13(16(15)19-4)12-7-9-17-10-8-12/h5-6,11-12,17H,7-10H2,1-4H3. The van der Waals surface area contributed by atoms with E-state index in [1.54, 1.807) is 14.2 Å². The zero-order valence-electron chi connectivity index (χ0n) is 12.5. The Bertz CT molecular complexity index is 423. The Morgan fingerprint density at radius 2 is 1.79 bits per heavy atom. The first-order chi connectivity index (χ1) is 9.19. The summed E-state index contributed by atoms with van der Waals surface area (Å²) in [5.74, 6) is 2.96. The molecular formula is C16H25NO2. The van der Waals surface area contributed by atoms with Crippen LogP contribution in [0.5, 0.6) is 11.5 Å². The molecule has 0 spiro atoms. The second-order valence-corrected chi connectivity index (χ2v) is 5.48. The zero-order valence-corrected chi connectivity index (χ0v) is 12.5. The van der Waals surface area contributed by atoms with Crippen LogP contribution < -0.4 is 14.8 Å². The molecule has 1 saturated heterocycles. The third kappa shape index (κ3) is 2.86. The summed E-state index contributed by atoms with van der Waals surface area (Å²) in [6.07, 6.45) is 2.36. The molecule has 1 heterocycles. The molecule has 1 aliphatic heterocycles. The highest BCUT2D eigenvalue weighted by Crippen LogP contribution is 2.42. The van der Waals surface area contributed by atoms with Gasteiger partial charge in [0, 0.05) is 5.56 Å².